The van der Waals surface area contributed by atoms with Crippen LogP contribution in [0.4, 0.5) is 5.69 Å². The number of aryl methyl sites for hydroxylation is 1. The van der Waals surface area contributed by atoms with E-state index < -0.39 is 5.97 Å². The van der Waals surface area contributed by atoms with Gasteiger partial charge in [-0.2, -0.15) is 0 Å². The van der Waals surface area contributed by atoms with Crippen molar-refractivity contribution in [3.8, 4) is 11.3 Å². The first-order valence-corrected chi connectivity index (χ1v) is 6.24. The Labute approximate surface area is 112 Å². The molecule has 2 rings (SSSR count). The molecule has 1 aromatic heterocycles. The summed E-state index contributed by atoms with van der Waals surface area (Å²) in [5, 5.41) is 9.22. The number of carboxylic acids is 1. The normalized spacial score (nSPS) is 10.7. The standard InChI is InChI=1S/C15H18N2O2/c1-4-10-5-7-11(8-6-10)14-13(16)12(15(18)19)9(2)17(14)3/h5-8H,4,16H2,1-3H3,(H,18,19). The van der Waals surface area contributed by atoms with Crippen LogP contribution in [-0.2, 0) is 13.5 Å². The van der Waals surface area contributed by atoms with E-state index in [0.717, 1.165) is 17.7 Å². The summed E-state index contributed by atoms with van der Waals surface area (Å²) in [7, 11) is 1.83. The van der Waals surface area contributed by atoms with Crippen LogP contribution < -0.4 is 5.73 Å². The first-order valence-electron chi connectivity index (χ1n) is 6.24. The lowest BCUT2D eigenvalue weighted by atomic mass is 10.1. The lowest BCUT2D eigenvalue weighted by molar-refractivity contribution is 0.0697. The highest BCUT2D eigenvalue weighted by molar-refractivity contribution is 5.99. The Morgan fingerprint density at radius 1 is 1.32 bits per heavy atom. The molecule has 0 aliphatic carbocycles. The average molecular weight is 258 g/mol. The molecule has 100 valence electrons. The maximum atomic E-state index is 11.2. The van der Waals surface area contributed by atoms with Crippen LogP contribution in [0.25, 0.3) is 11.3 Å². The van der Waals surface area contributed by atoms with Crippen LogP contribution in [0.5, 0.6) is 0 Å². The zero-order valence-electron chi connectivity index (χ0n) is 11.4. The van der Waals surface area contributed by atoms with Crippen molar-refractivity contribution in [2.24, 2.45) is 7.05 Å². The van der Waals surface area contributed by atoms with E-state index in [1.807, 2.05) is 35.9 Å². The van der Waals surface area contributed by atoms with E-state index in [0.29, 0.717) is 11.4 Å². The van der Waals surface area contributed by atoms with Gasteiger partial charge in [0.1, 0.15) is 5.56 Å². The van der Waals surface area contributed by atoms with E-state index in [4.69, 9.17) is 5.73 Å². The SMILES string of the molecule is CCc1ccc(-c2c(N)c(C(=O)O)c(C)n2C)cc1. The van der Waals surface area contributed by atoms with Gasteiger partial charge in [-0.25, -0.2) is 4.79 Å². The molecule has 4 nitrogen and oxygen atoms in total. The van der Waals surface area contributed by atoms with Gasteiger partial charge in [0.2, 0.25) is 0 Å². The van der Waals surface area contributed by atoms with Gasteiger partial charge in [-0.1, -0.05) is 31.2 Å². The van der Waals surface area contributed by atoms with Crippen LogP contribution >= 0.6 is 0 Å². The third-order valence-corrected chi connectivity index (χ3v) is 3.57. The molecule has 0 saturated heterocycles. The largest absolute Gasteiger partial charge is 0.478 e. The number of anilines is 1. The Morgan fingerprint density at radius 3 is 2.32 bits per heavy atom. The third kappa shape index (κ3) is 2.10. The van der Waals surface area contributed by atoms with Crippen molar-refractivity contribution < 1.29 is 9.90 Å². The summed E-state index contributed by atoms with van der Waals surface area (Å²) in [6, 6.07) is 8.04. The van der Waals surface area contributed by atoms with Crippen molar-refractivity contribution in [3.05, 3.63) is 41.1 Å². The first kappa shape index (κ1) is 13.2. The fraction of sp³-hybridized carbons (Fsp3) is 0.267. The summed E-state index contributed by atoms with van der Waals surface area (Å²) in [4.78, 5) is 11.2. The summed E-state index contributed by atoms with van der Waals surface area (Å²) in [5.74, 6) is -0.984. The number of nitrogens with zero attached hydrogens (tertiary/aromatic N) is 1. The molecule has 0 spiro atoms. The van der Waals surface area contributed by atoms with Gasteiger partial charge >= 0.3 is 5.97 Å². The van der Waals surface area contributed by atoms with Gasteiger partial charge in [0, 0.05) is 18.3 Å². The predicted octanol–water partition coefficient (Wildman–Crippen LogP) is 2.84. The van der Waals surface area contributed by atoms with E-state index in [1.165, 1.54) is 5.56 Å². The minimum atomic E-state index is -0.984. The molecule has 0 atom stereocenters. The van der Waals surface area contributed by atoms with Crippen molar-refractivity contribution in [3.63, 3.8) is 0 Å². The second kappa shape index (κ2) is 4.80. The van der Waals surface area contributed by atoms with Crippen LogP contribution in [0.2, 0.25) is 0 Å². The van der Waals surface area contributed by atoms with Gasteiger partial charge in [0.15, 0.2) is 0 Å². The van der Waals surface area contributed by atoms with Crippen molar-refractivity contribution >= 4 is 11.7 Å². The van der Waals surface area contributed by atoms with Gasteiger partial charge in [0.05, 0.1) is 11.4 Å². The van der Waals surface area contributed by atoms with E-state index in [9.17, 15) is 9.90 Å². The van der Waals surface area contributed by atoms with E-state index in [2.05, 4.69) is 6.92 Å². The van der Waals surface area contributed by atoms with E-state index in [1.54, 1.807) is 6.92 Å². The fourth-order valence-electron chi connectivity index (χ4n) is 2.35. The summed E-state index contributed by atoms with van der Waals surface area (Å²) >= 11 is 0. The summed E-state index contributed by atoms with van der Waals surface area (Å²) in [6.45, 7) is 3.86. The number of nitrogens with two attached hydrogens (primary N) is 1. The number of aromatic nitrogens is 1. The van der Waals surface area contributed by atoms with Crippen molar-refractivity contribution in [1.82, 2.24) is 4.57 Å². The highest BCUT2D eigenvalue weighted by atomic mass is 16.4. The van der Waals surface area contributed by atoms with Crippen LogP contribution in [0.1, 0.15) is 28.5 Å². The number of hydrogen-bond acceptors (Lipinski definition) is 2. The molecule has 4 heteroatoms. The molecule has 1 aromatic carbocycles. The van der Waals surface area contributed by atoms with Gasteiger partial charge in [-0.15, -0.1) is 0 Å². The quantitative estimate of drug-likeness (QED) is 0.889. The average Bonchev–Trinajstić information content (AvgIpc) is 2.60. The number of rotatable bonds is 3. The highest BCUT2D eigenvalue weighted by Crippen LogP contribution is 2.33. The molecule has 1 heterocycles. The lowest BCUT2D eigenvalue weighted by Crippen LogP contribution is -2.01. The first-order chi connectivity index (χ1) is 8.97. The summed E-state index contributed by atoms with van der Waals surface area (Å²) in [5.41, 5.74) is 10.1. The Morgan fingerprint density at radius 2 is 1.89 bits per heavy atom. The minimum Gasteiger partial charge on any atom is -0.478 e. The van der Waals surface area contributed by atoms with Crippen LogP contribution in [0, 0.1) is 6.92 Å². The Balaban J connectivity index is 2.62. The Bertz CT molecular complexity index is 625. The second-order valence-corrected chi connectivity index (χ2v) is 4.64. The molecular weight excluding hydrogens is 240 g/mol. The van der Waals surface area contributed by atoms with Gasteiger partial charge < -0.3 is 15.4 Å². The van der Waals surface area contributed by atoms with Crippen LogP contribution in [0.15, 0.2) is 24.3 Å². The number of benzene rings is 1. The number of carboxylic acid groups (broad SMARTS) is 1. The summed E-state index contributed by atoms with van der Waals surface area (Å²) < 4.78 is 1.83. The van der Waals surface area contributed by atoms with Crippen LogP contribution in [-0.4, -0.2) is 15.6 Å². The molecule has 0 aliphatic rings. The number of hydrogen-bond donors (Lipinski definition) is 2. The molecule has 19 heavy (non-hydrogen) atoms. The molecule has 0 amide bonds. The van der Waals surface area contributed by atoms with E-state index >= 15 is 0 Å². The Kier molecular flexibility index (Phi) is 3.34. The predicted molar refractivity (Wildman–Crippen MR) is 76.3 cm³/mol. The van der Waals surface area contributed by atoms with Crippen molar-refractivity contribution in [2.45, 2.75) is 20.3 Å². The zero-order chi connectivity index (χ0) is 14.2. The van der Waals surface area contributed by atoms with Gasteiger partial charge in [0.25, 0.3) is 0 Å². The summed E-state index contributed by atoms with van der Waals surface area (Å²) in [6.07, 6.45) is 0.975. The monoisotopic (exact) mass is 258 g/mol. The molecule has 2 aromatic rings. The molecule has 0 radical (unpaired) electrons. The molecular formula is C15H18N2O2. The lowest BCUT2D eigenvalue weighted by Gasteiger charge is -2.07. The fourth-order valence-corrected chi connectivity index (χ4v) is 2.35. The number of aromatic carboxylic acids is 1. The number of carbonyl (C=O) groups is 1. The van der Waals surface area contributed by atoms with Crippen molar-refractivity contribution in [1.29, 1.82) is 0 Å². The molecule has 0 unspecified atom stereocenters. The maximum absolute atomic E-state index is 11.2. The molecule has 0 saturated carbocycles. The number of nitrogen functional groups attached to an aromatic ring is 1. The van der Waals surface area contributed by atoms with E-state index in [-0.39, 0.29) is 5.56 Å². The molecule has 0 fully saturated rings. The third-order valence-electron chi connectivity index (χ3n) is 3.57. The topological polar surface area (TPSA) is 68.2 Å². The molecule has 0 aliphatic heterocycles. The smallest absolute Gasteiger partial charge is 0.339 e. The minimum absolute atomic E-state index is 0.192. The maximum Gasteiger partial charge on any atom is 0.339 e. The molecule has 0 bridgehead atoms. The van der Waals surface area contributed by atoms with Gasteiger partial charge in [-0.3, -0.25) is 0 Å². The zero-order valence-corrected chi connectivity index (χ0v) is 11.4. The van der Waals surface area contributed by atoms with Crippen molar-refractivity contribution in [2.75, 3.05) is 5.73 Å². The van der Waals surface area contributed by atoms with Gasteiger partial charge in [-0.05, 0) is 18.9 Å². The molecule has 3 N–H and O–H groups in total. The highest BCUT2D eigenvalue weighted by Gasteiger charge is 2.21. The Hall–Kier alpha value is -2.23. The second-order valence-electron chi connectivity index (χ2n) is 4.64. The van der Waals surface area contributed by atoms with Crippen LogP contribution in [0.3, 0.4) is 0 Å².